The molecular formula is C16H22ClN3OS. The molecule has 2 atom stereocenters. The van der Waals surface area contributed by atoms with Gasteiger partial charge in [-0.3, -0.25) is 0 Å². The first-order valence-electron chi connectivity index (χ1n) is 7.33. The van der Waals surface area contributed by atoms with Crippen LogP contribution in [-0.4, -0.2) is 22.7 Å². The van der Waals surface area contributed by atoms with E-state index in [9.17, 15) is 5.11 Å². The number of aromatic nitrogens is 1. The van der Waals surface area contributed by atoms with E-state index in [-0.39, 0.29) is 18.7 Å². The maximum atomic E-state index is 9.66. The second-order valence-corrected chi connectivity index (χ2v) is 7.23. The summed E-state index contributed by atoms with van der Waals surface area (Å²) in [4.78, 5) is 5.13. The van der Waals surface area contributed by atoms with Gasteiger partial charge in [-0.25, -0.2) is 4.98 Å². The quantitative estimate of drug-likeness (QED) is 0.722. The van der Waals surface area contributed by atoms with Gasteiger partial charge in [0.15, 0.2) is 5.13 Å². The summed E-state index contributed by atoms with van der Waals surface area (Å²) < 4.78 is 0. The minimum Gasteiger partial charge on any atom is -0.395 e. The van der Waals surface area contributed by atoms with Gasteiger partial charge in [0.1, 0.15) is 0 Å². The molecule has 4 nitrogen and oxygen atoms in total. The van der Waals surface area contributed by atoms with Crippen LogP contribution in [0.5, 0.6) is 0 Å². The van der Waals surface area contributed by atoms with Gasteiger partial charge >= 0.3 is 0 Å². The van der Waals surface area contributed by atoms with E-state index in [4.69, 9.17) is 17.3 Å². The van der Waals surface area contributed by atoms with Gasteiger partial charge in [0.05, 0.1) is 12.6 Å². The number of rotatable bonds is 7. The zero-order valence-corrected chi connectivity index (χ0v) is 14.4. The number of halogens is 1. The maximum Gasteiger partial charge on any atom is 0.180 e. The molecule has 22 heavy (non-hydrogen) atoms. The van der Waals surface area contributed by atoms with E-state index in [0.29, 0.717) is 16.1 Å². The summed E-state index contributed by atoms with van der Waals surface area (Å²) >= 11 is 7.79. The van der Waals surface area contributed by atoms with Crippen LogP contribution < -0.4 is 11.1 Å². The Morgan fingerprint density at radius 1 is 1.36 bits per heavy atom. The molecule has 0 spiro atoms. The van der Waals surface area contributed by atoms with Gasteiger partial charge in [-0.15, -0.1) is 11.3 Å². The van der Waals surface area contributed by atoms with Gasteiger partial charge in [0.25, 0.3) is 0 Å². The summed E-state index contributed by atoms with van der Waals surface area (Å²) in [5.41, 5.74) is 6.74. The Bertz CT molecular complexity index is 603. The number of benzene rings is 1. The van der Waals surface area contributed by atoms with Crippen molar-refractivity contribution in [2.24, 2.45) is 5.92 Å². The highest BCUT2D eigenvalue weighted by Crippen LogP contribution is 2.32. The predicted octanol–water partition coefficient (Wildman–Crippen LogP) is 3.46. The van der Waals surface area contributed by atoms with E-state index in [1.165, 1.54) is 11.3 Å². The molecule has 0 aliphatic carbocycles. The summed E-state index contributed by atoms with van der Waals surface area (Å²) in [5.74, 6) is 0.489. The number of aliphatic hydroxyl groups is 1. The molecular weight excluding hydrogens is 318 g/mol. The van der Waals surface area contributed by atoms with Crippen molar-refractivity contribution < 1.29 is 5.11 Å². The lowest BCUT2D eigenvalue weighted by molar-refractivity contribution is 0.218. The summed E-state index contributed by atoms with van der Waals surface area (Å²) in [6, 6.07) is 7.58. The zero-order chi connectivity index (χ0) is 16.1. The molecule has 1 heterocycles. The number of nitrogen functional groups attached to an aromatic ring is 1. The topological polar surface area (TPSA) is 71.2 Å². The van der Waals surface area contributed by atoms with E-state index in [0.717, 1.165) is 16.9 Å². The lowest BCUT2D eigenvalue weighted by atomic mass is 10.0. The number of nitrogens with two attached hydrogens (primary N) is 1. The first kappa shape index (κ1) is 17.2. The van der Waals surface area contributed by atoms with Gasteiger partial charge in [-0.1, -0.05) is 43.6 Å². The highest BCUT2D eigenvalue weighted by Gasteiger charge is 2.23. The smallest absolute Gasteiger partial charge is 0.180 e. The number of aliphatic hydroxyl groups excluding tert-OH is 1. The zero-order valence-electron chi connectivity index (χ0n) is 12.8. The van der Waals surface area contributed by atoms with Gasteiger partial charge < -0.3 is 16.2 Å². The number of nitrogens with zero attached hydrogens (tertiary/aromatic N) is 1. The average Bonchev–Trinajstić information content (AvgIpc) is 2.90. The van der Waals surface area contributed by atoms with Gasteiger partial charge in [-0.2, -0.15) is 0 Å². The molecule has 1 aromatic heterocycles. The Morgan fingerprint density at radius 3 is 2.64 bits per heavy atom. The van der Waals surface area contributed by atoms with Crippen LogP contribution >= 0.6 is 22.9 Å². The minimum atomic E-state index is -0.126. The molecule has 0 fully saturated rings. The predicted molar refractivity (Wildman–Crippen MR) is 93.3 cm³/mol. The monoisotopic (exact) mass is 339 g/mol. The Morgan fingerprint density at radius 2 is 2.09 bits per heavy atom. The van der Waals surface area contributed by atoms with Crippen molar-refractivity contribution in [3.8, 4) is 0 Å². The van der Waals surface area contributed by atoms with Crippen LogP contribution in [0.25, 0.3) is 0 Å². The van der Waals surface area contributed by atoms with Crippen molar-refractivity contribution in [1.82, 2.24) is 10.3 Å². The van der Waals surface area contributed by atoms with Crippen molar-refractivity contribution in [2.45, 2.75) is 32.4 Å². The Kier molecular flexibility index (Phi) is 6.20. The molecule has 0 radical (unpaired) electrons. The second kappa shape index (κ2) is 7.92. The Balaban J connectivity index is 2.32. The fourth-order valence-electron chi connectivity index (χ4n) is 2.47. The minimum absolute atomic E-state index is 0.00963. The first-order valence-corrected chi connectivity index (χ1v) is 8.53. The number of hydrogen-bond donors (Lipinski definition) is 3. The van der Waals surface area contributed by atoms with E-state index >= 15 is 0 Å². The van der Waals surface area contributed by atoms with Crippen molar-refractivity contribution >= 4 is 28.1 Å². The van der Waals surface area contributed by atoms with Crippen LogP contribution in [0.2, 0.25) is 5.02 Å². The van der Waals surface area contributed by atoms with Crippen LogP contribution in [0.4, 0.5) is 5.13 Å². The molecule has 0 amide bonds. The fraction of sp³-hybridized carbons (Fsp3) is 0.438. The lowest BCUT2D eigenvalue weighted by Gasteiger charge is -2.26. The van der Waals surface area contributed by atoms with E-state index < -0.39 is 0 Å². The normalized spacial score (nSPS) is 14.2. The third-order valence-electron chi connectivity index (χ3n) is 3.42. The maximum absolute atomic E-state index is 9.66. The highest BCUT2D eigenvalue weighted by atomic mass is 35.5. The SMILES string of the molecule is CC(C)C[C@@H](CO)NC(c1cnc(N)s1)c1ccccc1Cl. The van der Waals surface area contributed by atoms with Gasteiger partial charge in [0.2, 0.25) is 0 Å². The molecule has 0 saturated heterocycles. The van der Waals surface area contributed by atoms with E-state index in [1.807, 2.05) is 24.3 Å². The third kappa shape index (κ3) is 4.43. The van der Waals surface area contributed by atoms with Crippen LogP contribution in [0.1, 0.15) is 36.8 Å². The molecule has 0 aliphatic rings. The number of hydrogen-bond acceptors (Lipinski definition) is 5. The van der Waals surface area contributed by atoms with E-state index in [1.54, 1.807) is 6.20 Å². The van der Waals surface area contributed by atoms with Crippen LogP contribution in [-0.2, 0) is 0 Å². The van der Waals surface area contributed by atoms with Crippen molar-refractivity contribution in [1.29, 1.82) is 0 Å². The van der Waals surface area contributed by atoms with Gasteiger partial charge in [-0.05, 0) is 24.0 Å². The van der Waals surface area contributed by atoms with Crippen LogP contribution in [0, 0.1) is 5.92 Å². The molecule has 0 aliphatic heterocycles. The highest BCUT2D eigenvalue weighted by molar-refractivity contribution is 7.15. The number of nitrogens with one attached hydrogen (secondary N) is 1. The summed E-state index contributed by atoms with van der Waals surface area (Å²) in [7, 11) is 0. The average molecular weight is 340 g/mol. The summed E-state index contributed by atoms with van der Waals surface area (Å²) in [6.07, 6.45) is 2.65. The summed E-state index contributed by atoms with van der Waals surface area (Å²) in [6.45, 7) is 4.35. The third-order valence-corrected chi connectivity index (χ3v) is 4.66. The molecule has 2 aromatic rings. The van der Waals surface area contributed by atoms with Crippen LogP contribution in [0.15, 0.2) is 30.5 Å². The molecule has 4 N–H and O–H groups in total. The molecule has 0 saturated carbocycles. The fourth-order valence-corrected chi connectivity index (χ4v) is 3.48. The molecule has 6 heteroatoms. The van der Waals surface area contributed by atoms with E-state index in [2.05, 4.69) is 24.1 Å². The Hall–Kier alpha value is -1.14. The largest absolute Gasteiger partial charge is 0.395 e. The molecule has 0 bridgehead atoms. The second-order valence-electron chi connectivity index (χ2n) is 5.73. The molecule has 120 valence electrons. The molecule has 2 rings (SSSR count). The van der Waals surface area contributed by atoms with Crippen molar-refractivity contribution in [3.05, 3.63) is 45.9 Å². The molecule has 1 aromatic carbocycles. The Labute approximate surface area is 140 Å². The van der Waals surface area contributed by atoms with Crippen LogP contribution in [0.3, 0.4) is 0 Å². The van der Waals surface area contributed by atoms with Gasteiger partial charge in [0, 0.05) is 22.1 Å². The molecule has 1 unspecified atom stereocenters. The first-order chi connectivity index (χ1) is 10.5. The lowest BCUT2D eigenvalue weighted by Crippen LogP contribution is -2.37. The number of anilines is 1. The van der Waals surface area contributed by atoms with Crippen molar-refractivity contribution in [2.75, 3.05) is 12.3 Å². The summed E-state index contributed by atoms with van der Waals surface area (Å²) in [5, 5.41) is 14.4. The van der Waals surface area contributed by atoms with Crippen molar-refractivity contribution in [3.63, 3.8) is 0 Å². The number of thiazole rings is 1. The standard InChI is InChI=1S/C16H22ClN3OS/c1-10(2)7-11(9-21)20-15(14-8-19-16(18)22-14)12-5-3-4-6-13(12)17/h3-6,8,10-11,15,20-21H,7,9H2,1-2H3,(H2,18,19)/t11-,15?/m0/s1.